The standard InChI is InChI=1S/C35H33FO9/c1-21(2)32(37)42-14-13-41-31-12-9-25(20-30(31)36)27-17-26(24-7-10-29(11-8-24)45-34(39)23(5)6)18-28(19-27)35(40)44-16-15-43-33(38)22(3)4/h7-12,17-20H,1,3,5,13-16H2,2,4,6H3. The number of benzene rings is 3. The third-order valence-electron chi connectivity index (χ3n) is 6.00. The van der Waals surface area contributed by atoms with Gasteiger partial charge in [-0.25, -0.2) is 23.6 Å². The number of esters is 4. The molecule has 0 saturated heterocycles. The number of hydrogen-bond acceptors (Lipinski definition) is 9. The number of carbonyl (C=O) groups is 4. The van der Waals surface area contributed by atoms with Crippen LogP contribution in [0.2, 0.25) is 0 Å². The van der Waals surface area contributed by atoms with Crippen LogP contribution in [-0.4, -0.2) is 50.3 Å². The molecule has 234 valence electrons. The SMILES string of the molecule is C=C(C)C(=O)OCCOC(=O)c1cc(-c2ccc(OC(=O)C(=C)C)cc2)cc(-c2ccc(OCCOC(=O)C(=C)C)c(F)c2)c1. The van der Waals surface area contributed by atoms with Crippen molar-refractivity contribution >= 4 is 23.9 Å². The molecule has 0 fully saturated rings. The third kappa shape index (κ3) is 10.0. The molecular weight excluding hydrogens is 583 g/mol. The quantitative estimate of drug-likeness (QED) is 0.0666. The molecule has 0 unspecified atom stereocenters. The highest BCUT2D eigenvalue weighted by atomic mass is 19.1. The maximum Gasteiger partial charge on any atom is 0.338 e. The molecule has 0 aliphatic heterocycles. The molecule has 3 rings (SSSR count). The molecule has 10 heteroatoms. The van der Waals surface area contributed by atoms with Gasteiger partial charge in [-0.1, -0.05) is 37.9 Å². The van der Waals surface area contributed by atoms with Gasteiger partial charge in [-0.2, -0.15) is 0 Å². The topological polar surface area (TPSA) is 114 Å². The Morgan fingerprint density at radius 2 is 1.11 bits per heavy atom. The van der Waals surface area contributed by atoms with E-state index in [0.29, 0.717) is 28.0 Å². The average Bonchev–Trinajstić information content (AvgIpc) is 3.01. The summed E-state index contributed by atoms with van der Waals surface area (Å²) in [7, 11) is 0. The minimum Gasteiger partial charge on any atom is -0.487 e. The molecular formula is C35H33FO9. The lowest BCUT2D eigenvalue weighted by molar-refractivity contribution is -0.140. The van der Waals surface area contributed by atoms with Gasteiger partial charge in [0.25, 0.3) is 0 Å². The average molecular weight is 617 g/mol. The molecule has 0 atom stereocenters. The molecule has 9 nitrogen and oxygen atoms in total. The van der Waals surface area contributed by atoms with E-state index in [0.717, 1.165) is 0 Å². The zero-order chi connectivity index (χ0) is 33.1. The summed E-state index contributed by atoms with van der Waals surface area (Å²) in [4.78, 5) is 48.0. The van der Waals surface area contributed by atoms with Crippen LogP contribution in [0.4, 0.5) is 4.39 Å². The van der Waals surface area contributed by atoms with Crippen LogP contribution in [0.1, 0.15) is 31.1 Å². The Morgan fingerprint density at radius 3 is 1.67 bits per heavy atom. The minimum atomic E-state index is -0.693. The summed E-state index contributed by atoms with van der Waals surface area (Å²) < 4.78 is 40.9. The first-order valence-corrected chi connectivity index (χ1v) is 13.7. The van der Waals surface area contributed by atoms with Crippen LogP contribution >= 0.6 is 0 Å². The van der Waals surface area contributed by atoms with Gasteiger partial charge in [0.1, 0.15) is 32.2 Å². The summed E-state index contributed by atoms with van der Waals surface area (Å²) in [6.45, 7) is 14.6. The Hall–Kier alpha value is -5.51. The van der Waals surface area contributed by atoms with Crippen molar-refractivity contribution in [2.45, 2.75) is 20.8 Å². The highest BCUT2D eigenvalue weighted by Gasteiger charge is 2.15. The van der Waals surface area contributed by atoms with Gasteiger partial charge >= 0.3 is 23.9 Å². The second-order valence-electron chi connectivity index (χ2n) is 9.96. The Kier molecular flexibility index (Phi) is 11.9. The minimum absolute atomic E-state index is 0.0508. The summed E-state index contributed by atoms with van der Waals surface area (Å²) >= 11 is 0. The predicted molar refractivity (Wildman–Crippen MR) is 165 cm³/mol. The van der Waals surface area contributed by atoms with Crippen molar-refractivity contribution in [1.29, 1.82) is 0 Å². The molecule has 0 aromatic heterocycles. The number of ether oxygens (including phenoxy) is 5. The van der Waals surface area contributed by atoms with Crippen LogP contribution in [0.5, 0.6) is 11.5 Å². The molecule has 0 aliphatic rings. The van der Waals surface area contributed by atoms with Crippen molar-refractivity contribution in [3.63, 3.8) is 0 Å². The summed E-state index contributed by atoms with van der Waals surface area (Å²) in [5.41, 5.74) is 3.05. The van der Waals surface area contributed by atoms with Gasteiger partial charge in [0.05, 0.1) is 5.56 Å². The van der Waals surface area contributed by atoms with Gasteiger partial charge in [0.2, 0.25) is 0 Å². The van der Waals surface area contributed by atoms with Crippen molar-refractivity contribution in [3.8, 4) is 33.8 Å². The molecule has 0 radical (unpaired) electrons. The van der Waals surface area contributed by atoms with Crippen molar-refractivity contribution in [1.82, 2.24) is 0 Å². The lowest BCUT2D eigenvalue weighted by Crippen LogP contribution is -2.14. The van der Waals surface area contributed by atoms with Gasteiger partial charge in [-0.05, 0) is 85.5 Å². The highest BCUT2D eigenvalue weighted by molar-refractivity contribution is 5.94. The lowest BCUT2D eigenvalue weighted by atomic mass is 9.96. The zero-order valence-corrected chi connectivity index (χ0v) is 25.3. The van der Waals surface area contributed by atoms with Crippen LogP contribution in [0.25, 0.3) is 22.3 Å². The van der Waals surface area contributed by atoms with E-state index in [-0.39, 0.29) is 54.5 Å². The lowest BCUT2D eigenvalue weighted by Gasteiger charge is -2.13. The first kappa shape index (κ1) is 34.0. The van der Waals surface area contributed by atoms with Gasteiger partial charge in [-0.15, -0.1) is 0 Å². The summed E-state index contributed by atoms with van der Waals surface area (Å²) in [5, 5.41) is 0. The van der Waals surface area contributed by atoms with Crippen LogP contribution in [-0.2, 0) is 28.6 Å². The second kappa shape index (κ2) is 15.8. The van der Waals surface area contributed by atoms with Gasteiger partial charge in [0.15, 0.2) is 11.6 Å². The molecule has 0 bridgehead atoms. The van der Waals surface area contributed by atoms with Crippen LogP contribution in [0, 0.1) is 5.82 Å². The van der Waals surface area contributed by atoms with Crippen molar-refractivity contribution in [3.05, 3.63) is 109 Å². The number of rotatable bonds is 14. The van der Waals surface area contributed by atoms with Crippen LogP contribution < -0.4 is 9.47 Å². The van der Waals surface area contributed by atoms with E-state index in [4.69, 9.17) is 23.7 Å². The molecule has 0 saturated carbocycles. The molecule has 0 N–H and O–H groups in total. The van der Waals surface area contributed by atoms with Crippen molar-refractivity contribution in [2.75, 3.05) is 26.4 Å². The van der Waals surface area contributed by atoms with Gasteiger partial charge in [0, 0.05) is 16.7 Å². The highest BCUT2D eigenvalue weighted by Crippen LogP contribution is 2.32. The fraction of sp³-hybridized carbons (Fsp3) is 0.200. The Morgan fingerprint density at radius 1 is 0.600 bits per heavy atom. The largest absolute Gasteiger partial charge is 0.487 e. The van der Waals surface area contributed by atoms with Crippen LogP contribution in [0.3, 0.4) is 0 Å². The van der Waals surface area contributed by atoms with E-state index in [9.17, 15) is 19.2 Å². The Balaban J connectivity index is 1.86. The van der Waals surface area contributed by atoms with E-state index in [1.54, 1.807) is 48.5 Å². The summed E-state index contributed by atoms with van der Waals surface area (Å²) in [6.07, 6.45) is 0. The van der Waals surface area contributed by atoms with E-state index in [1.165, 1.54) is 32.9 Å². The normalized spacial score (nSPS) is 10.3. The monoisotopic (exact) mass is 616 g/mol. The van der Waals surface area contributed by atoms with Gasteiger partial charge in [-0.3, -0.25) is 0 Å². The van der Waals surface area contributed by atoms with E-state index in [2.05, 4.69) is 19.7 Å². The maximum atomic E-state index is 15.0. The maximum absolute atomic E-state index is 15.0. The molecule has 0 heterocycles. The Labute approximate surface area is 260 Å². The first-order valence-electron chi connectivity index (χ1n) is 13.7. The number of hydrogen-bond donors (Lipinski definition) is 0. The molecule has 0 spiro atoms. The zero-order valence-electron chi connectivity index (χ0n) is 25.3. The van der Waals surface area contributed by atoms with Gasteiger partial charge < -0.3 is 23.7 Å². The van der Waals surface area contributed by atoms with E-state index < -0.39 is 29.7 Å². The molecule has 45 heavy (non-hydrogen) atoms. The summed E-state index contributed by atoms with van der Waals surface area (Å²) in [6, 6.07) is 15.8. The third-order valence-corrected chi connectivity index (χ3v) is 6.00. The summed E-state index contributed by atoms with van der Waals surface area (Å²) in [5.74, 6) is -2.85. The fourth-order valence-electron chi connectivity index (χ4n) is 3.67. The smallest absolute Gasteiger partial charge is 0.338 e. The second-order valence-corrected chi connectivity index (χ2v) is 9.96. The first-order chi connectivity index (χ1) is 21.3. The number of halogens is 1. The Bertz CT molecular complexity index is 1640. The predicted octanol–water partition coefficient (Wildman–Crippen LogP) is 6.42. The molecule has 3 aromatic carbocycles. The van der Waals surface area contributed by atoms with E-state index >= 15 is 4.39 Å². The molecule has 3 aromatic rings. The molecule has 0 aliphatic carbocycles. The fourth-order valence-corrected chi connectivity index (χ4v) is 3.67. The number of carbonyl (C=O) groups excluding carboxylic acids is 4. The van der Waals surface area contributed by atoms with E-state index in [1.807, 2.05) is 0 Å². The van der Waals surface area contributed by atoms with Crippen molar-refractivity contribution < 1.29 is 47.3 Å². The van der Waals surface area contributed by atoms with Crippen LogP contribution in [0.15, 0.2) is 97.1 Å². The van der Waals surface area contributed by atoms with Crippen molar-refractivity contribution in [2.24, 2.45) is 0 Å². The molecule has 0 amide bonds.